The summed E-state index contributed by atoms with van der Waals surface area (Å²) in [6.45, 7) is 19.3. The summed E-state index contributed by atoms with van der Waals surface area (Å²) in [5.41, 5.74) is 13.0. The highest BCUT2D eigenvalue weighted by Gasteiger charge is 2.40. The SMILES string of the molecule is CO[Si](OC)(OC)c1ccc(-c2cc([Si](C)(C)C)c(-c3ccc(-c4c(C)cc(-c5ccccc5)cc4C)cc3)c([Si](C)(C)C)c2)cc1. The van der Waals surface area contributed by atoms with Crippen LogP contribution in [-0.4, -0.2) is 46.3 Å². The minimum atomic E-state index is -2.89. The molecule has 0 aliphatic carbocycles. The van der Waals surface area contributed by atoms with Crippen molar-refractivity contribution in [3.8, 4) is 44.5 Å². The van der Waals surface area contributed by atoms with Crippen molar-refractivity contribution in [3.05, 3.63) is 114 Å². The second kappa shape index (κ2) is 13.6. The van der Waals surface area contributed by atoms with Gasteiger partial charge < -0.3 is 13.3 Å². The summed E-state index contributed by atoms with van der Waals surface area (Å²) < 4.78 is 17.2. The standard InChI is InChI=1S/C41H50O3Si3/c1-29-25-35(31-15-13-12-14-16-31)26-30(2)40(29)33-17-19-34(20-18-33)41-38(45(6,7)8)27-36(28-39(41)46(9,10)11)32-21-23-37(24-22-32)47(42-3,43-4)44-5/h12-28H,1-11H3. The van der Waals surface area contributed by atoms with Gasteiger partial charge in [-0.15, -0.1) is 0 Å². The van der Waals surface area contributed by atoms with Gasteiger partial charge >= 0.3 is 8.80 Å². The van der Waals surface area contributed by atoms with Crippen molar-refractivity contribution in [3.63, 3.8) is 0 Å². The Labute approximate surface area is 286 Å². The Morgan fingerprint density at radius 1 is 0.404 bits per heavy atom. The number of hydrogen-bond acceptors (Lipinski definition) is 3. The van der Waals surface area contributed by atoms with Crippen LogP contribution in [0.25, 0.3) is 44.5 Å². The molecule has 5 aromatic carbocycles. The molecule has 0 spiro atoms. The van der Waals surface area contributed by atoms with E-state index in [0.717, 1.165) is 5.19 Å². The van der Waals surface area contributed by atoms with Crippen LogP contribution in [0.15, 0.2) is 103 Å². The maximum absolute atomic E-state index is 5.74. The van der Waals surface area contributed by atoms with E-state index in [1.165, 1.54) is 66.0 Å². The Balaban J connectivity index is 1.61. The zero-order chi connectivity index (χ0) is 34.1. The molecule has 0 aliphatic rings. The first-order valence-electron chi connectivity index (χ1n) is 16.4. The maximum Gasteiger partial charge on any atom is 0.536 e. The van der Waals surface area contributed by atoms with Gasteiger partial charge in [0.15, 0.2) is 0 Å². The minimum Gasteiger partial charge on any atom is -0.373 e. The van der Waals surface area contributed by atoms with Crippen LogP contribution in [0.1, 0.15) is 11.1 Å². The van der Waals surface area contributed by atoms with Gasteiger partial charge in [0.05, 0.1) is 16.1 Å². The van der Waals surface area contributed by atoms with Crippen LogP contribution < -0.4 is 15.6 Å². The number of rotatable bonds is 10. The zero-order valence-electron chi connectivity index (χ0n) is 30.0. The van der Waals surface area contributed by atoms with Gasteiger partial charge in [-0.3, -0.25) is 0 Å². The fraction of sp³-hybridized carbons (Fsp3) is 0.268. The third kappa shape index (κ3) is 7.09. The van der Waals surface area contributed by atoms with E-state index in [1.807, 2.05) is 0 Å². The summed E-state index contributed by atoms with van der Waals surface area (Å²) in [5, 5.41) is 3.98. The predicted molar refractivity (Wildman–Crippen MR) is 210 cm³/mol. The average molecular weight is 675 g/mol. The van der Waals surface area contributed by atoms with Gasteiger partial charge in [-0.1, -0.05) is 153 Å². The molecule has 0 radical (unpaired) electrons. The lowest BCUT2D eigenvalue weighted by atomic mass is 9.90. The zero-order valence-corrected chi connectivity index (χ0v) is 33.0. The highest BCUT2D eigenvalue weighted by atomic mass is 28.4. The molecular weight excluding hydrogens is 625 g/mol. The van der Waals surface area contributed by atoms with Gasteiger partial charge in [0.25, 0.3) is 0 Å². The molecule has 6 heteroatoms. The highest BCUT2D eigenvalue weighted by Crippen LogP contribution is 2.34. The Morgan fingerprint density at radius 3 is 1.21 bits per heavy atom. The molecule has 47 heavy (non-hydrogen) atoms. The van der Waals surface area contributed by atoms with Crippen LogP contribution in [0.3, 0.4) is 0 Å². The first kappa shape index (κ1) is 35.0. The number of benzene rings is 5. The van der Waals surface area contributed by atoms with Gasteiger partial charge in [0, 0.05) is 26.5 Å². The summed E-state index contributed by atoms with van der Waals surface area (Å²) in [7, 11) is -1.44. The van der Waals surface area contributed by atoms with Gasteiger partial charge in [-0.25, -0.2) is 0 Å². The van der Waals surface area contributed by atoms with Gasteiger partial charge in [-0.2, -0.15) is 0 Å². The predicted octanol–water partition coefficient (Wildman–Crippen LogP) is 9.15. The van der Waals surface area contributed by atoms with Crippen molar-refractivity contribution in [1.82, 2.24) is 0 Å². The Hall–Kier alpha value is -3.37. The normalized spacial score (nSPS) is 12.4. The first-order valence-corrected chi connectivity index (χ1v) is 25.2. The van der Waals surface area contributed by atoms with Crippen molar-refractivity contribution >= 4 is 40.5 Å². The molecule has 0 heterocycles. The summed E-state index contributed by atoms with van der Waals surface area (Å²) >= 11 is 0. The lowest BCUT2D eigenvalue weighted by Crippen LogP contribution is -2.54. The second-order valence-electron chi connectivity index (χ2n) is 14.6. The molecular formula is C41H50O3Si3. The highest BCUT2D eigenvalue weighted by molar-refractivity contribution is 6.93. The van der Waals surface area contributed by atoms with E-state index in [0.29, 0.717) is 0 Å². The maximum atomic E-state index is 5.74. The van der Waals surface area contributed by atoms with Crippen LogP contribution >= 0.6 is 0 Å². The minimum absolute atomic E-state index is 0.960. The van der Waals surface area contributed by atoms with E-state index in [1.54, 1.807) is 21.3 Å². The van der Waals surface area contributed by atoms with Crippen molar-refractivity contribution in [2.45, 2.75) is 53.1 Å². The lowest BCUT2D eigenvalue weighted by Gasteiger charge is -2.30. The molecule has 0 aromatic heterocycles. The molecule has 0 saturated carbocycles. The van der Waals surface area contributed by atoms with E-state index in [9.17, 15) is 0 Å². The Kier molecular flexibility index (Phi) is 10.1. The van der Waals surface area contributed by atoms with Crippen LogP contribution in [-0.2, 0) is 13.3 Å². The fourth-order valence-electron chi connectivity index (χ4n) is 6.79. The van der Waals surface area contributed by atoms with E-state index in [4.69, 9.17) is 13.3 Å². The summed E-state index contributed by atoms with van der Waals surface area (Å²) in [6, 6.07) is 38.2. The molecule has 0 amide bonds. The molecule has 5 aromatic rings. The van der Waals surface area contributed by atoms with E-state index in [2.05, 4.69) is 156 Å². The van der Waals surface area contributed by atoms with Crippen LogP contribution in [0.5, 0.6) is 0 Å². The Morgan fingerprint density at radius 2 is 0.787 bits per heavy atom. The van der Waals surface area contributed by atoms with Crippen LogP contribution in [0.4, 0.5) is 0 Å². The van der Waals surface area contributed by atoms with Gasteiger partial charge in [-0.05, 0) is 69.5 Å². The first-order chi connectivity index (χ1) is 22.2. The van der Waals surface area contributed by atoms with E-state index < -0.39 is 25.0 Å². The molecule has 244 valence electrons. The smallest absolute Gasteiger partial charge is 0.373 e. The molecule has 0 saturated heterocycles. The van der Waals surface area contributed by atoms with E-state index >= 15 is 0 Å². The third-order valence-electron chi connectivity index (χ3n) is 9.23. The monoisotopic (exact) mass is 674 g/mol. The van der Waals surface area contributed by atoms with Crippen molar-refractivity contribution < 1.29 is 13.3 Å². The largest absolute Gasteiger partial charge is 0.536 e. The molecule has 0 aliphatic heterocycles. The molecule has 5 rings (SSSR count). The Bertz CT molecular complexity index is 1780. The summed E-state index contributed by atoms with van der Waals surface area (Å²) in [4.78, 5) is 0. The lowest BCUT2D eigenvalue weighted by molar-refractivity contribution is 0.140. The molecule has 0 N–H and O–H groups in total. The van der Waals surface area contributed by atoms with Crippen LogP contribution in [0, 0.1) is 13.8 Å². The number of hydrogen-bond donors (Lipinski definition) is 0. The summed E-state index contributed by atoms with van der Waals surface area (Å²) in [6.07, 6.45) is 0. The average Bonchev–Trinajstić information content (AvgIpc) is 3.05. The molecule has 0 bridgehead atoms. The van der Waals surface area contributed by atoms with E-state index in [-0.39, 0.29) is 0 Å². The van der Waals surface area contributed by atoms with Crippen LogP contribution in [0.2, 0.25) is 39.3 Å². The summed E-state index contributed by atoms with van der Waals surface area (Å²) in [5.74, 6) is 0. The van der Waals surface area contributed by atoms with Gasteiger partial charge in [0.2, 0.25) is 0 Å². The second-order valence-corrected chi connectivity index (χ2v) is 27.6. The van der Waals surface area contributed by atoms with Crippen molar-refractivity contribution in [2.75, 3.05) is 21.3 Å². The molecule has 0 fully saturated rings. The number of aryl methyl sites for hydroxylation is 2. The molecule has 0 atom stereocenters. The topological polar surface area (TPSA) is 27.7 Å². The van der Waals surface area contributed by atoms with Crippen molar-refractivity contribution in [2.24, 2.45) is 0 Å². The van der Waals surface area contributed by atoms with Crippen molar-refractivity contribution in [1.29, 1.82) is 0 Å². The third-order valence-corrected chi connectivity index (χ3v) is 15.9. The molecule has 0 unspecified atom stereocenters. The quantitative estimate of drug-likeness (QED) is 0.138. The fourth-order valence-corrected chi connectivity index (χ4v) is 11.9. The van der Waals surface area contributed by atoms with Gasteiger partial charge in [0.1, 0.15) is 0 Å². The molecule has 3 nitrogen and oxygen atoms in total.